The third-order valence-electron chi connectivity index (χ3n) is 3.05. The van der Waals surface area contributed by atoms with E-state index in [0.717, 1.165) is 9.13 Å². The highest BCUT2D eigenvalue weighted by Crippen LogP contribution is 2.14. The van der Waals surface area contributed by atoms with Crippen LogP contribution in [0.3, 0.4) is 0 Å². The molecular weight excluding hydrogens is 286 g/mol. The zero-order valence-electron chi connectivity index (χ0n) is 13.0. The Morgan fingerprint density at radius 1 is 1.05 bits per heavy atom. The lowest BCUT2D eigenvalue weighted by atomic mass is 9.97. The number of methoxy groups -OCH3 is 1. The normalized spacial score (nSPS) is 11.5. The van der Waals surface area contributed by atoms with Gasteiger partial charge in [0.2, 0.25) is 0 Å². The lowest BCUT2D eigenvalue weighted by Gasteiger charge is -2.19. The molecule has 0 spiro atoms. The highest BCUT2D eigenvalue weighted by Gasteiger charge is 2.17. The standard InChI is InChI=1S/C15H19N3O4/c1-15(2,3)9-17-12(19)16-13(20)18(14(17)21)10-5-7-11(22-4)8-6-10/h5-8H,9H2,1-4H3,(H,16,19,20). The van der Waals surface area contributed by atoms with E-state index in [4.69, 9.17) is 4.74 Å². The molecule has 2 rings (SSSR count). The number of aromatic nitrogens is 3. The van der Waals surface area contributed by atoms with Gasteiger partial charge in [0.25, 0.3) is 0 Å². The fourth-order valence-corrected chi connectivity index (χ4v) is 2.08. The van der Waals surface area contributed by atoms with Gasteiger partial charge in [0.1, 0.15) is 5.75 Å². The molecule has 0 bridgehead atoms. The molecular formula is C15H19N3O4. The van der Waals surface area contributed by atoms with Gasteiger partial charge in [-0.25, -0.2) is 23.5 Å². The maximum absolute atomic E-state index is 12.5. The number of rotatable bonds is 3. The monoisotopic (exact) mass is 305 g/mol. The average Bonchev–Trinajstić information content (AvgIpc) is 2.43. The highest BCUT2D eigenvalue weighted by molar-refractivity contribution is 5.36. The second kappa shape index (κ2) is 5.67. The van der Waals surface area contributed by atoms with Crippen molar-refractivity contribution in [3.8, 4) is 11.4 Å². The molecule has 0 atom stereocenters. The van der Waals surface area contributed by atoms with E-state index in [1.54, 1.807) is 24.3 Å². The van der Waals surface area contributed by atoms with Crippen LogP contribution >= 0.6 is 0 Å². The van der Waals surface area contributed by atoms with Crippen LogP contribution in [0.2, 0.25) is 0 Å². The highest BCUT2D eigenvalue weighted by atomic mass is 16.5. The minimum atomic E-state index is -0.759. The first-order chi connectivity index (χ1) is 10.2. The van der Waals surface area contributed by atoms with E-state index in [2.05, 4.69) is 4.98 Å². The number of aromatic amines is 1. The minimum Gasteiger partial charge on any atom is -0.497 e. The summed E-state index contributed by atoms with van der Waals surface area (Å²) < 4.78 is 7.02. The van der Waals surface area contributed by atoms with Crippen LogP contribution in [0.4, 0.5) is 0 Å². The molecule has 118 valence electrons. The van der Waals surface area contributed by atoms with Gasteiger partial charge in [-0.15, -0.1) is 0 Å². The SMILES string of the molecule is COc1ccc(-n2c(=O)[nH]c(=O)n(CC(C)(C)C)c2=O)cc1. The van der Waals surface area contributed by atoms with Gasteiger partial charge in [0.15, 0.2) is 0 Å². The molecule has 1 N–H and O–H groups in total. The molecule has 7 heteroatoms. The Bertz CT molecular complexity index is 835. The summed E-state index contributed by atoms with van der Waals surface area (Å²) in [6.07, 6.45) is 0. The molecule has 0 saturated carbocycles. The lowest BCUT2D eigenvalue weighted by Crippen LogP contribution is -2.50. The summed E-state index contributed by atoms with van der Waals surface area (Å²) in [5.74, 6) is 0.608. The molecule has 7 nitrogen and oxygen atoms in total. The molecule has 1 aromatic carbocycles. The molecule has 0 aliphatic carbocycles. The van der Waals surface area contributed by atoms with E-state index in [1.165, 1.54) is 7.11 Å². The Kier molecular flexibility index (Phi) is 4.07. The van der Waals surface area contributed by atoms with Gasteiger partial charge in [-0.05, 0) is 29.7 Å². The molecule has 0 amide bonds. The summed E-state index contributed by atoms with van der Waals surface area (Å²) in [5, 5.41) is 0. The van der Waals surface area contributed by atoms with Gasteiger partial charge in [0.05, 0.1) is 12.8 Å². The van der Waals surface area contributed by atoms with Crippen LogP contribution in [-0.4, -0.2) is 21.2 Å². The quantitative estimate of drug-likeness (QED) is 0.906. The van der Waals surface area contributed by atoms with E-state index >= 15 is 0 Å². The molecule has 1 heterocycles. The molecule has 22 heavy (non-hydrogen) atoms. The Hall–Kier alpha value is -2.57. The Morgan fingerprint density at radius 3 is 2.14 bits per heavy atom. The topological polar surface area (TPSA) is 86.1 Å². The number of ether oxygens (including phenoxy) is 1. The summed E-state index contributed by atoms with van der Waals surface area (Å²) in [6, 6.07) is 6.45. The number of benzene rings is 1. The fourth-order valence-electron chi connectivity index (χ4n) is 2.08. The van der Waals surface area contributed by atoms with Crippen LogP contribution in [0.5, 0.6) is 5.75 Å². The van der Waals surface area contributed by atoms with Crippen molar-refractivity contribution in [3.63, 3.8) is 0 Å². The first-order valence-corrected chi connectivity index (χ1v) is 6.83. The largest absolute Gasteiger partial charge is 0.497 e. The lowest BCUT2D eigenvalue weighted by molar-refractivity contribution is 0.323. The summed E-state index contributed by atoms with van der Waals surface area (Å²) >= 11 is 0. The zero-order valence-corrected chi connectivity index (χ0v) is 13.0. The van der Waals surface area contributed by atoms with Crippen molar-refractivity contribution in [2.45, 2.75) is 27.3 Å². The Balaban J connectivity index is 2.66. The van der Waals surface area contributed by atoms with Crippen molar-refractivity contribution in [3.05, 3.63) is 55.7 Å². The van der Waals surface area contributed by atoms with Crippen molar-refractivity contribution in [1.82, 2.24) is 14.1 Å². The van der Waals surface area contributed by atoms with Crippen molar-refractivity contribution < 1.29 is 4.74 Å². The summed E-state index contributed by atoms with van der Waals surface area (Å²) in [6.45, 7) is 5.92. The first kappa shape index (κ1) is 15.8. The van der Waals surface area contributed by atoms with Crippen LogP contribution in [0.1, 0.15) is 20.8 Å². The molecule has 0 aliphatic heterocycles. The molecule has 2 aromatic rings. The second-order valence-electron chi connectivity index (χ2n) is 6.20. The summed E-state index contributed by atoms with van der Waals surface area (Å²) in [4.78, 5) is 38.6. The van der Waals surface area contributed by atoms with Crippen molar-refractivity contribution >= 4 is 0 Å². The van der Waals surface area contributed by atoms with Crippen LogP contribution in [0, 0.1) is 5.41 Å². The predicted molar refractivity (Wildman–Crippen MR) is 82.9 cm³/mol. The van der Waals surface area contributed by atoms with E-state index in [9.17, 15) is 14.4 Å². The molecule has 0 fully saturated rings. The smallest absolute Gasteiger partial charge is 0.340 e. The van der Waals surface area contributed by atoms with E-state index in [0.29, 0.717) is 11.4 Å². The van der Waals surface area contributed by atoms with Gasteiger partial charge in [-0.2, -0.15) is 0 Å². The van der Waals surface area contributed by atoms with E-state index in [-0.39, 0.29) is 12.0 Å². The Morgan fingerprint density at radius 2 is 1.64 bits per heavy atom. The summed E-state index contributed by atoms with van der Waals surface area (Å²) in [5.41, 5.74) is -2.03. The van der Waals surface area contributed by atoms with Crippen molar-refractivity contribution in [1.29, 1.82) is 0 Å². The second-order valence-corrected chi connectivity index (χ2v) is 6.20. The van der Waals surface area contributed by atoms with Crippen molar-refractivity contribution in [2.24, 2.45) is 5.41 Å². The predicted octanol–water partition coefficient (Wildman–Crippen LogP) is 0.742. The molecule has 0 saturated heterocycles. The van der Waals surface area contributed by atoms with E-state index < -0.39 is 17.1 Å². The fraction of sp³-hybridized carbons (Fsp3) is 0.400. The summed E-state index contributed by atoms with van der Waals surface area (Å²) in [7, 11) is 1.53. The molecule has 0 radical (unpaired) electrons. The van der Waals surface area contributed by atoms with Gasteiger partial charge < -0.3 is 4.74 Å². The number of hydrogen-bond acceptors (Lipinski definition) is 4. The third-order valence-corrected chi connectivity index (χ3v) is 3.05. The number of hydrogen-bond donors (Lipinski definition) is 1. The molecule has 0 aliphatic rings. The maximum atomic E-state index is 12.5. The first-order valence-electron chi connectivity index (χ1n) is 6.83. The van der Waals surface area contributed by atoms with Gasteiger partial charge in [-0.3, -0.25) is 4.98 Å². The average molecular weight is 305 g/mol. The zero-order chi connectivity index (χ0) is 16.5. The van der Waals surface area contributed by atoms with Crippen LogP contribution in [-0.2, 0) is 6.54 Å². The number of nitrogens with one attached hydrogen (secondary N) is 1. The van der Waals surface area contributed by atoms with Crippen LogP contribution in [0.15, 0.2) is 38.6 Å². The van der Waals surface area contributed by atoms with Gasteiger partial charge in [0, 0.05) is 6.54 Å². The number of nitrogens with zero attached hydrogens (tertiary/aromatic N) is 2. The molecule has 1 aromatic heterocycles. The van der Waals surface area contributed by atoms with E-state index in [1.807, 2.05) is 20.8 Å². The van der Waals surface area contributed by atoms with Gasteiger partial charge >= 0.3 is 17.1 Å². The minimum absolute atomic E-state index is 0.206. The number of H-pyrrole nitrogens is 1. The molecule has 0 unspecified atom stereocenters. The van der Waals surface area contributed by atoms with Crippen LogP contribution < -0.4 is 21.8 Å². The third kappa shape index (κ3) is 3.19. The Labute approximate surface area is 126 Å². The maximum Gasteiger partial charge on any atom is 0.340 e. The van der Waals surface area contributed by atoms with Gasteiger partial charge in [-0.1, -0.05) is 20.8 Å². The van der Waals surface area contributed by atoms with Crippen LogP contribution in [0.25, 0.3) is 5.69 Å². The van der Waals surface area contributed by atoms with Crippen molar-refractivity contribution in [2.75, 3.05) is 7.11 Å².